The molecule has 3 aromatic rings. The van der Waals surface area contributed by atoms with Crippen molar-refractivity contribution >= 4 is 17.2 Å². The molecular formula is C19H20N4O2S. The van der Waals surface area contributed by atoms with Gasteiger partial charge in [0.25, 0.3) is 5.91 Å². The monoisotopic (exact) mass is 368 g/mol. The van der Waals surface area contributed by atoms with Crippen LogP contribution in [-0.4, -0.2) is 45.1 Å². The lowest BCUT2D eigenvalue weighted by atomic mass is 10.1. The molecule has 1 saturated heterocycles. The van der Waals surface area contributed by atoms with E-state index in [2.05, 4.69) is 16.3 Å². The molecule has 0 spiro atoms. The van der Waals surface area contributed by atoms with E-state index in [-0.39, 0.29) is 11.9 Å². The Bertz CT molecular complexity index is 842. The van der Waals surface area contributed by atoms with Gasteiger partial charge in [-0.2, -0.15) is 9.90 Å². The van der Waals surface area contributed by atoms with Crippen LogP contribution < -0.4 is 0 Å². The van der Waals surface area contributed by atoms with Crippen molar-refractivity contribution in [2.45, 2.75) is 25.4 Å². The molecule has 0 unspecified atom stereocenters. The van der Waals surface area contributed by atoms with Crippen molar-refractivity contribution in [3.63, 3.8) is 0 Å². The van der Waals surface area contributed by atoms with E-state index in [0.29, 0.717) is 25.5 Å². The number of nitrogens with zero attached hydrogens (tertiary/aromatic N) is 4. The third-order valence-corrected chi connectivity index (χ3v) is 5.36. The minimum atomic E-state index is -0.0764. The van der Waals surface area contributed by atoms with Gasteiger partial charge in [0.2, 0.25) is 0 Å². The number of carbonyl (C=O) groups excluding carboxylic acids is 1. The van der Waals surface area contributed by atoms with Crippen LogP contribution in [0.15, 0.2) is 54.0 Å². The summed E-state index contributed by atoms with van der Waals surface area (Å²) in [5, 5.41) is 10.7. The number of amides is 1. The summed E-state index contributed by atoms with van der Waals surface area (Å²) in [5.74, 6) is -0.0764. The maximum atomic E-state index is 13.2. The molecule has 1 aromatic carbocycles. The first kappa shape index (κ1) is 16.9. The molecule has 3 heterocycles. The highest BCUT2D eigenvalue weighted by molar-refractivity contribution is 7.09. The summed E-state index contributed by atoms with van der Waals surface area (Å²) in [6.45, 7) is 1.98. The summed E-state index contributed by atoms with van der Waals surface area (Å²) in [6, 6.07) is 13.8. The normalized spacial score (nSPS) is 15.1. The molecule has 134 valence electrons. The fraction of sp³-hybridized carbons (Fsp3) is 0.316. The number of ether oxygens (including phenoxy) is 1. The minimum absolute atomic E-state index is 0.0764. The van der Waals surface area contributed by atoms with E-state index in [0.717, 1.165) is 18.5 Å². The van der Waals surface area contributed by atoms with Gasteiger partial charge in [-0.3, -0.25) is 4.79 Å². The lowest BCUT2D eigenvalue weighted by molar-refractivity contribution is 0.0266. The van der Waals surface area contributed by atoms with Gasteiger partial charge in [0.15, 0.2) is 5.69 Å². The summed E-state index contributed by atoms with van der Waals surface area (Å²) in [5.41, 5.74) is 1.21. The van der Waals surface area contributed by atoms with Gasteiger partial charge < -0.3 is 9.64 Å². The van der Waals surface area contributed by atoms with E-state index < -0.39 is 0 Å². The Morgan fingerprint density at radius 3 is 2.73 bits per heavy atom. The van der Waals surface area contributed by atoms with E-state index in [4.69, 9.17) is 4.74 Å². The fourth-order valence-corrected chi connectivity index (χ4v) is 3.83. The molecule has 0 bridgehead atoms. The van der Waals surface area contributed by atoms with Crippen molar-refractivity contribution in [3.05, 3.63) is 64.6 Å². The zero-order valence-electron chi connectivity index (χ0n) is 14.3. The second-order valence-corrected chi connectivity index (χ2v) is 7.24. The van der Waals surface area contributed by atoms with Crippen LogP contribution in [0.3, 0.4) is 0 Å². The van der Waals surface area contributed by atoms with E-state index in [9.17, 15) is 4.79 Å². The Kier molecular flexibility index (Phi) is 5.08. The molecule has 0 atom stereocenters. The topological polar surface area (TPSA) is 60.2 Å². The van der Waals surface area contributed by atoms with Gasteiger partial charge in [0.1, 0.15) is 0 Å². The maximum absolute atomic E-state index is 13.2. The molecule has 0 radical (unpaired) electrons. The first-order valence-electron chi connectivity index (χ1n) is 8.70. The summed E-state index contributed by atoms with van der Waals surface area (Å²) >= 11 is 1.66. The number of para-hydroxylation sites is 1. The molecule has 6 nitrogen and oxygen atoms in total. The van der Waals surface area contributed by atoms with Crippen LogP contribution in [0.4, 0.5) is 0 Å². The van der Waals surface area contributed by atoms with Gasteiger partial charge in [-0.1, -0.05) is 24.3 Å². The van der Waals surface area contributed by atoms with Crippen LogP contribution in [0.25, 0.3) is 5.69 Å². The molecule has 1 aliphatic rings. The summed E-state index contributed by atoms with van der Waals surface area (Å²) < 4.78 is 5.47. The quantitative estimate of drug-likeness (QED) is 0.694. The Balaban J connectivity index is 1.58. The smallest absolute Gasteiger partial charge is 0.276 e. The lowest BCUT2D eigenvalue weighted by Crippen LogP contribution is -2.43. The number of benzene rings is 1. The van der Waals surface area contributed by atoms with Crippen molar-refractivity contribution in [3.8, 4) is 5.69 Å². The molecule has 4 rings (SSSR count). The number of hydrogen-bond donors (Lipinski definition) is 0. The van der Waals surface area contributed by atoms with Crippen molar-refractivity contribution in [2.75, 3.05) is 13.2 Å². The number of hydrogen-bond acceptors (Lipinski definition) is 5. The molecule has 2 aromatic heterocycles. The van der Waals surface area contributed by atoms with Gasteiger partial charge in [-0.05, 0) is 36.4 Å². The molecule has 1 amide bonds. The molecule has 0 aliphatic carbocycles. The highest BCUT2D eigenvalue weighted by atomic mass is 32.1. The summed E-state index contributed by atoms with van der Waals surface area (Å²) in [7, 11) is 0. The number of thiophene rings is 1. The zero-order chi connectivity index (χ0) is 17.8. The average molecular weight is 368 g/mol. The third kappa shape index (κ3) is 3.68. The van der Waals surface area contributed by atoms with Gasteiger partial charge in [0.05, 0.1) is 18.4 Å². The van der Waals surface area contributed by atoms with Crippen LogP contribution in [0, 0.1) is 0 Å². The number of carbonyl (C=O) groups is 1. The second-order valence-electron chi connectivity index (χ2n) is 6.21. The SMILES string of the molecule is O=C(c1cnn(-c2ccccc2)n1)N(Cc1cccs1)C1CCOCC1. The van der Waals surface area contributed by atoms with Crippen LogP contribution >= 0.6 is 11.3 Å². The Morgan fingerprint density at radius 1 is 1.19 bits per heavy atom. The van der Waals surface area contributed by atoms with Gasteiger partial charge in [0, 0.05) is 24.1 Å². The van der Waals surface area contributed by atoms with Gasteiger partial charge >= 0.3 is 0 Å². The van der Waals surface area contributed by atoms with E-state index in [1.807, 2.05) is 46.7 Å². The van der Waals surface area contributed by atoms with Crippen LogP contribution in [0.2, 0.25) is 0 Å². The Hall–Kier alpha value is -2.51. The molecule has 0 N–H and O–H groups in total. The number of aromatic nitrogens is 3. The van der Waals surface area contributed by atoms with Crippen molar-refractivity contribution < 1.29 is 9.53 Å². The predicted molar refractivity (Wildman–Crippen MR) is 99.4 cm³/mol. The minimum Gasteiger partial charge on any atom is -0.381 e. The van der Waals surface area contributed by atoms with E-state index in [1.165, 1.54) is 9.67 Å². The van der Waals surface area contributed by atoms with Crippen molar-refractivity contribution in [1.29, 1.82) is 0 Å². The highest BCUT2D eigenvalue weighted by Gasteiger charge is 2.28. The largest absolute Gasteiger partial charge is 0.381 e. The standard InChI is InChI=1S/C19H20N4O2S/c24-19(18-13-20-23(21-18)16-5-2-1-3-6-16)22(14-17-7-4-12-26-17)15-8-10-25-11-9-15/h1-7,12-13,15H,8-11,14H2. The van der Waals surface area contributed by atoms with Gasteiger partial charge in [-0.15, -0.1) is 16.4 Å². The Morgan fingerprint density at radius 2 is 2.00 bits per heavy atom. The first-order chi connectivity index (χ1) is 12.8. The molecule has 1 aliphatic heterocycles. The van der Waals surface area contributed by atoms with Crippen LogP contribution in [0.5, 0.6) is 0 Å². The average Bonchev–Trinajstić information content (AvgIpc) is 3.39. The zero-order valence-corrected chi connectivity index (χ0v) is 15.1. The molecule has 26 heavy (non-hydrogen) atoms. The van der Waals surface area contributed by atoms with Crippen molar-refractivity contribution in [2.24, 2.45) is 0 Å². The molecule has 0 saturated carbocycles. The van der Waals surface area contributed by atoms with E-state index in [1.54, 1.807) is 17.5 Å². The predicted octanol–water partition coefficient (Wildman–Crippen LogP) is 3.15. The van der Waals surface area contributed by atoms with Crippen LogP contribution in [-0.2, 0) is 11.3 Å². The second kappa shape index (κ2) is 7.80. The molecular weight excluding hydrogens is 348 g/mol. The fourth-order valence-electron chi connectivity index (χ4n) is 3.13. The highest BCUT2D eigenvalue weighted by Crippen LogP contribution is 2.22. The third-order valence-electron chi connectivity index (χ3n) is 4.50. The maximum Gasteiger partial charge on any atom is 0.276 e. The lowest BCUT2D eigenvalue weighted by Gasteiger charge is -2.33. The first-order valence-corrected chi connectivity index (χ1v) is 9.58. The van der Waals surface area contributed by atoms with E-state index >= 15 is 0 Å². The number of rotatable bonds is 5. The van der Waals surface area contributed by atoms with Gasteiger partial charge in [-0.25, -0.2) is 0 Å². The summed E-state index contributed by atoms with van der Waals surface area (Å²) in [4.78, 5) is 17.8. The molecule has 1 fully saturated rings. The Labute approximate surface area is 156 Å². The van der Waals surface area contributed by atoms with Crippen molar-refractivity contribution in [1.82, 2.24) is 19.9 Å². The van der Waals surface area contributed by atoms with Crippen LogP contribution in [0.1, 0.15) is 28.2 Å². The molecule has 7 heteroatoms. The summed E-state index contributed by atoms with van der Waals surface area (Å²) in [6.07, 6.45) is 3.25.